The van der Waals surface area contributed by atoms with E-state index in [1.807, 2.05) is 6.07 Å². The zero-order chi connectivity index (χ0) is 15.2. The first kappa shape index (κ1) is 14.5. The van der Waals surface area contributed by atoms with Crippen molar-refractivity contribution in [2.45, 2.75) is 6.92 Å². The van der Waals surface area contributed by atoms with E-state index in [9.17, 15) is 9.59 Å². The van der Waals surface area contributed by atoms with Gasteiger partial charge in [-0.25, -0.2) is 4.79 Å². The Bertz CT molecular complexity index is 720. The summed E-state index contributed by atoms with van der Waals surface area (Å²) in [4.78, 5) is 24.3. The van der Waals surface area contributed by atoms with Crippen LogP contribution in [0.15, 0.2) is 52.4 Å². The maximum Gasteiger partial charge on any atom is 0.343 e. The summed E-state index contributed by atoms with van der Waals surface area (Å²) in [6.07, 6.45) is 1.13. The zero-order valence-corrected chi connectivity index (χ0v) is 11.4. The molecule has 6 nitrogen and oxygen atoms in total. The van der Waals surface area contributed by atoms with E-state index < -0.39 is 11.5 Å². The van der Waals surface area contributed by atoms with E-state index in [4.69, 9.17) is 9.94 Å². The van der Waals surface area contributed by atoms with Gasteiger partial charge in [-0.3, -0.25) is 9.36 Å². The molecular formula is C15H14N2O4. The molecule has 0 amide bonds. The molecule has 108 valence electrons. The third-order valence-electron chi connectivity index (χ3n) is 2.81. The van der Waals surface area contributed by atoms with Gasteiger partial charge in [-0.05, 0) is 31.2 Å². The van der Waals surface area contributed by atoms with E-state index >= 15 is 0 Å². The fraction of sp³-hybridized carbons (Fsp3) is 0.133. The Balaban J connectivity index is 2.67. The highest BCUT2D eigenvalue weighted by atomic mass is 16.5. The smallest absolute Gasteiger partial charge is 0.343 e. The van der Waals surface area contributed by atoms with E-state index in [1.165, 1.54) is 16.7 Å². The number of carbonyl (C=O) groups excluding carboxylic acids is 1. The molecule has 1 aromatic carbocycles. The molecule has 0 atom stereocenters. The molecule has 1 N–H and O–H groups in total. The van der Waals surface area contributed by atoms with Gasteiger partial charge in [-0.15, -0.1) is 0 Å². The largest absolute Gasteiger partial charge is 0.462 e. The predicted molar refractivity (Wildman–Crippen MR) is 77.4 cm³/mol. The van der Waals surface area contributed by atoms with Crippen molar-refractivity contribution in [2.75, 3.05) is 6.61 Å². The average Bonchev–Trinajstić information content (AvgIpc) is 2.49. The first-order valence-electron chi connectivity index (χ1n) is 6.35. The van der Waals surface area contributed by atoms with Crippen LogP contribution in [0, 0.1) is 0 Å². The van der Waals surface area contributed by atoms with Gasteiger partial charge >= 0.3 is 5.97 Å². The molecule has 0 aliphatic rings. The summed E-state index contributed by atoms with van der Waals surface area (Å²) < 4.78 is 6.15. The number of benzene rings is 1. The van der Waals surface area contributed by atoms with Gasteiger partial charge in [0.1, 0.15) is 5.56 Å². The highest BCUT2D eigenvalue weighted by Gasteiger charge is 2.16. The molecule has 0 fully saturated rings. The molecule has 0 saturated carbocycles. The topological polar surface area (TPSA) is 80.9 Å². The van der Waals surface area contributed by atoms with Crippen LogP contribution in [-0.4, -0.2) is 28.6 Å². The number of pyridine rings is 1. The van der Waals surface area contributed by atoms with Gasteiger partial charge in [0.15, 0.2) is 0 Å². The fourth-order valence-electron chi connectivity index (χ4n) is 1.92. The SMILES string of the molecule is CCOC(=O)c1ccc(/C=N\O)n(-c2ccccc2)c1=O. The van der Waals surface area contributed by atoms with Gasteiger partial charge < -0.3 is 9.94 Å². The molecule has 0 bridgehead atoms. The Morgan fingerprint density at radius 1 is 1.29 bits per heavy atom. The number of hydrogen-bond donors (Lipinski definition) is 1. The number of aromatic nitrogens is 1. The van der Waals surface area contributed by atoms with Crippen LogP contribution in [0.1, 0.15) is 23.0 Å². The Morgan fingerprint density at radius 3 is 2.62 bits per heavy atom. The Labute approximate surface area is 120 Å². The lowest BCUT2D eigenvalue weighted by Gasteiger charge is -2.11. The molecule has 1 aromatic heterocycles. The summed E-state index contributed by atoms with van der Waals surface area (Å²) in [7, 11) is 0. The molecule has 6 heteroatoms. The maximum absolute atomic E-state index is 12.5. The molecular weight excluding hydrogens is 272 g/mol. The lowest BCUT2D eigenvalue weighted by molar-refractivity contribution is 0.0524. The molecule has 1 heterocycles. The second-order valence-corrected chi connectivity index (χ2v) is 4.11. The molecule has 2 aromatic rings. The molecule has 21 heavy (non-hydrogen) atoms. The minimum Gasteiger partial charge on any atom is -0.462 e. The quantitative estimate of drug-likeness (QED) is 0.402. The number of carbonyl (C=O) groups is 1. The van der Waals surface area contributed by atoms with Crippen LogP contribution in [0.5, 0.6) is 0 Å². The van der Waals surface area contributed by atoms with Crippen LogP contribution in [0.3, 0.4) is 0 Å². The third-order valence-corrected chi connectivity index (χ3v) is 2.81. The monoisotopic (exact) mass is 286 g/mol. The van der Waals surface area contributed by atoms with Crippen molar-refractivity contribution in [2.24, 2.45) is 5.16 Å². The van der Waals surface area contributed by atoms with Gasteiger partial charge in [-0.2, -0.15) is 0 Å². The Hall–Kier alpha value is -2.89. The summed E-state index contributed by atoms with van der Waals surface area (Å²) in [6, 6.07) is 11.6. The second kappa shape index (κ2) is 6.51. The predicted octanol–water partition coefficient (Wildman–Crippen LogP) is 1.82. The third kappa shape index (κ3) is 3.00. The van der Waals surface area contributed by atoms with Crippen molar-refractivity contribution in [3.8, 4) is 5.69 Å². The number of ether oxygens (including phenoxy) is 1. The molecule has 0 unspecified atom stereocenters. The first-order valence-corrected chi connectivity index (χ1v) is 6.35. The molecule has 0 saturated heterocycles. The van der Waals surface area contributed by atoms with Gasteiger partial charge in [0.2, 0.25) is 0 Å². The molecule has 0 aliphatic carbocycles. The minimum atomic E-state index is -0.681. The van der Waals surface area contributed by atoms with E-state index in [-0.39, 0.29) is 12.2 Å². The standard InChI is InChI=1S/C15H14N2O4/c1-2-21-15(19)13-9-8-12(10-16-20)17(14(13)18)11-6-4-3-5-7-11/h3-10,20H,2H2,1H3/b16-10-. The average molecular weight is 286 g/mol. The lowest BCUT2D eigenvalue weighted by Crippen LogP contribution is -2.28. The normalized spacial score (nSPS) is 10.7. The number of esters is 1. The van der Waals surface area contributed by atoms with Gasteiger partial charge in [0, 0.05) is 5.69 Å². The van der Waals surface area contributed by atoms with Crippen molar-refractivity contribution < 1.29 is 14.7 Å². The van der Waals surface area contributed by atoms with Crippen LogP contribution in [-0.2, 0) is 4.74 Å². The van der Waals surface area contributed by atoms with Gasteiger partial charge in [-0.1, -0.05) is 23.4 Å². The van der Waals surface area contributed by atoms with Crippen LogP contribution < -0.4 is 5.56 Å². The lowest BCUT2D eigenvalue weighted by atomic mass is 10.2. The van der Waals surface area contributed by atoms with Crippen LogP contribution >= 0.6 is 0 Å². The summed E-state index contributed by atoms with van der Waals surface area (Å²) in [5, 5.41) is 11.7. The van der Waals surface area contributed by atoms with E-state index in [1.54, 1.807) is 31.2 Å². The summed E-state index contributed by atoms with van der Waals surface area (Å²) in [5.74, 6) is -0.681. The maximum atomic E-state index is 12.5. The highest BCUT2D eigenvalue weighted by Crippen LogP contribution is 2.09. The van der Waals surface area contributed by atoms with Gasteiger partial charge in [0.25, 0.3) is 5.56 Å². The number of rotatable bonds is 4. The van der Waals surface area contributed by atoms with E-state index in [2.05, 4.69) is 5.16 Å². The van der Waals surface area contributed by atoms with Crippen molar-refractivity contribution in [1.82, 2.24) is 4.57 Å². The summed E-state index contributed by atoms with van der Waals surface area (Å²) in [6.45, 7) is 1.85. The fourth-order valence-corrected chi connectivity index (χ4v) is 1.92. The minimum absolute atomic E-state index is 0.0733. The molecule has 0 radical (unpaired) electrons. The molecule has 0 spiro atoms. The zero-order valence-electron chi connectivity index (χ0n) is 11.4. The summed E-state index contributed by atoms with van der Waals surface area (Å²) >= 11 is 0. The Kier molecular flexibility index (Phi) is 4.50. The van der Waals surface area contributed by atoms with Crippen LogP contribution in [0.2, 0.25) is 0 Å². The van der Waals surface area contributed by atoms with Crippen molar-refractivity contribution in [3.05, 3.63) is 64.1 Å². The number of oxime groups is 1. The van der Waals surface area contributed by atoms with Crippen molar-refractivity contribution in [1.29, 1.82) is 0 Å². The van der Waals surface area contributed by atoms with Crippen LogP contribution in [0.25, 0.3) is 5.69 Å². The second-order valence-electron chi connectivity index (χ2n) is 4.11. The van der Waals surface area contributed by atoms with E-state index in [0.717, 1.165) is 6.21 Å². The number of hydrogen-bond acceptors (Lipinski definition) is 5. The Morgan fingerprint density at radius 2 is 2.00 bits per heavy atom. The van der Waals surface area contributed by atoms with Gasteiger partial charge in [0.05, 0.1) is 18.5 Å². The van der Waals surface area contributed by atoms with Crippen molar-refractivity contribution in [3.63, 3.8) is 0 Å². The van der Waals surface area contributed by atoms with Crippen molar-refractivity contribution >= 4 is 12.2 Å². The number of nitrogens with zero attached hydrogens (tertiary/aromatic N) is 2. The first-order chi connectivity index (χ1) is 10.2. The van der Waals surface area contributed by atoms with Crippen LogP contribution in [0.4, 0.5) is 0 Å². The summed E-state index contributed by atoms with van der Waals surface area (Å²) in [5.41, 5.74) is 0.304. The van der Waals surface area contributed by atoms with E-state index in [0.29, 0.717) is 11.4 Å². The molecule has 2 rings (SSSR count). The highest BCUT2D eigenvalue weighted by molar-refractivity contribution is 5.90. The molecule has 0 aliphatic heterocycles. The number of para-hydroxylation sites is 1.